The summed E-state index contributed by atoms with van der Waals surface area (Å²) in [6.45, 7) is 6.76. The van der Waals surface area contributed by atoms with Crippen LogP contribution in [0.4, 0.5) is 5.82 Å². The molecule has 0 spiro atoms. The van der Waals surface area contributed by atoms with Gasteiger partial charge in [-0.25, -0.2) is 15.0 Å². The highest BCUT2D eigenvalue weighted by Gasteiger charge is 2.18. The minimum absolute atomic E-state index is 0.0962. The van der Waals surface area contributed by atoms with Crippen LogP contribution in [-0.4, -0.2) is 33.9 Å². The van der Waals surface area contributed by atoms with Crippen molar-refractivity contribution in [1.82, 2.24) is 20.3 Å². The van der Waals surface area contributed by atoms with E-state index < -0.39 is 0 Å². The van der Waals surface area contributed by atoms with Gasteiger partial charge in [-0.1, -0.05) is 23.9 Å². The van der Waals surface area contributed by atoms with Gasteiger partial charge in [0.25, 0.3) is 5.91 Å². The van der Waals surface area contributed by atoms with Gasteiger partial charge in [-0.05, 0) is 62.1 Å². The second-order valence-corrected chi connectivity index (χ2v) is 10.4. The Hall–Kier alpha value is -2.97. The summed E-state index contributed by atoms with van der Waals surface area (Å²) >= 11 is 3.20. The van der Waals surface area contributed by atoms with Gasteiger partial charge in [-0.2, -0.15) is 0 Å². The molecule has 3 aromatic heterocycles. The maximum Gasteiger partial charge on any atom is 0.252 e. The first-order valence-electron chi connectivity index (χ1n) is 11.1. The molecule has 1 N–H and O–H groups in total. The lowest BCUT2D eigenvalue weighted by Crippen LogP contribution is -2.24. The fraction of sp³-hybridized carbons (Fsp3) is 0.280. The van der Waals surface area contributed by atoms with Crippen LogP contribution in [0.25, 0.3) is 10.2 Å². The van der Waals surface area contributed by atoms with E-state index in [1.54, 1.807) is 17.7 Å². The molecule has 5 rings (SSSR count). The molecular formula is C25H25N5OS2. The third-order valence-corrected chi connectivity index (χ3v) is 8.16. The number of pyridine rings is 1. The molecule has 168 valence electrons. The normalized spacial score (nSPS) is 13.6. The number of nitrogens with zero attached hydrogens (tertiary/aromatic N) is 4. The molecule has 0 unspecified atom stereocenters. The molecule has 8 heteroatoms. The largest absolute Gasteiger partial charge is 0.357 e. The van der Waals surface area contributed by atoms with Gasteiger partial charge in [0.15, 0.2) is 0 Å². The second kappa shape index (κ2) is 9.49. The SMILES string of the molecule is Cc1sc2ncnc(Sc3ccccc3C(=O)NCc3ccnc(N4CCCC4)c3)c2c1C. The van der Waals surface area contributed by atoms with Crippen LogP contribution >= 0.6 is 23.1 Å². The number of hydrogen-bond acceptors (Lipinski definition) is 7. The lowest BCUT2D eigenvalue weighted by Gasteiger charge is -2.17. The molecule has 4 aromatic rings. The molecule has 1 aromatic carbocycles. The highest BCUT2D eigenvalue weighted by atomic mass is 32.2. The zero-order valence-corrected chi connectivity index (χ0v) is 20.3. The van der Waals surface area contributed by atoms with Gasteiger partial charge in [-0.3, -0.25) is 4.79 Å². The number of carbonyl (C=O) groups is 1. The number of fused-ring (bicyclic) bond motifs is 1. The highest BCUT2D eigenvalue weighted by molar-refractivity contribution is 7.99. The molecular weight excluding hydrogens is 450 g/mol. The van der Waals surface area contributed by atoms with Crippen molar-refractivity contribution >= 4 is 45.0 Å². The number of aryl methyl sites for hydroxylation is 2. The topological polar surface area (TPSA) is 71.0 Å². The van der Waals surface area contributed by atoms with Gasteiger partial charge >= 0.3 is 0 Å². The van der Waals surface area contributed by atoms with Gasteiger partial charge < -0.3 is 10.2 Å². The van der Waals surface area contributed by atoms with Crippen molar-refractivity contribution in [3.8, 4) is 0 Å². The van der Waals surface area contributed by atoms with Crippen molar-refractivity contribution in [2.24, 2.45) is 0 Å². The molecule has 6 nitrogen and oxygen atoms in total. The summed E-state index contributed by atoms with van der Waals surface area (Å²) in [4.78, 5) is 32.0. The summed E-state index contributed by atoms with van der Waals surface area (Å²) < 4.78 is 0. The molecule has 4 heterocycles. The Bertz CT molecular complexity index is 1310. The van der Waals surface area contributed by atoms with E-state index in [2.05, 4.69) is 45.1 Å². The predicted octanol–water partition coefficient (Wildman–Crippen LogP) is 5.38. The number of benzene rings is 1. The Morgan fingerprint density at radius 3 is 2.79 bits per heavy atom. The Morgan fingerprint density at radius 2 is 1.94 bits per heavy atom. The number of nitrogens with one attached hydrogen (secondary N) is 1. The second-order valence-electron chi connectivity index (χ2n) is 8.14. The van der Waals surface area contributed by atoms with E-state index in [1.807, 2.05) is 36.5 Å². The molecule has 1 saturated heterocycles. The summed E-state index contributed by atoms with van der Waals surface area (Å²) in [5.41, 5.74) is 2.89. The van der Waals surface area contributed by atoms with E-state index >= 15 is 0 Å². The van der Waals surface area contributed by atoms with Crippen LogP contribution in [0.1, 0.15) is 39.2 Å². The maximum absolute atomic E-state index is 13.1. The van der Waals surface area contributed by atoms with Crippen LogP contribution in [0.2, 0.25) is 0 Å². The molecule has 1 aliphatic rings. The van der Waals surface area contributed by atoms with E-state index in [0.29, 0.717) is 12.1 Å². The smallest absolute Gasteiger partial charge is 0.252 e. The lowest BCUT2D eigenvalue weighted by molar-refractivity contribution is 0.0948. The third-order valence-electron chi connectivity index (χ3n) is 5.96. The number of amides is 1. The number of hydrogen-bond donors (Lipinski definition) is 1. The monoisotopic (exact) mass is 475 g/mol. The van der Waals surface area contributed by atoms with Crippen LogP contribution < -0.4 is 10.2 Å². The predicted molar refractivity (Wildman–Crippen MR) is 134 cm³/mol. The molecule has 33 heavy (non-hydrogen) atoms. The summed E-state index contributed by atoms with van der Waals surface area (Å²) in [6, 6.07) is 11.7. The minimum atomic E-state index is -0.0962. The minimum Gasteiger partial charge on any atom is -0.357 e. The van der Waals surface area contributed by atoms with Crippen LogP contribution in [-0.2, 0) is 6.54 Å². The summed E-state index contributed by atoms with van der Waals surface area (Å²) in [7, 11) is 0. The van der Waals surface area contributed by atoms with Gasteiger partial charge in [-0.15, -0.1) is 11.3 Å². The van der Waals surface area contributed by atoms with Crippen molar-refractivity contribution in [2.45, 2.75) is 43.2 Å². The van der Waals surface area contributed by atoms with Crippen molar-refractivity contribution in [1.29, 1.82) is 0 Å². The van der Waals surface area contributed by atoms with Gasteiger partial charge in [0.2, 0.25) is 0 Å². The number of thiophene rings is 1. The number of rotatable bonds is 6. The lowest BCUT2D eigenvalue weighted by atomic mass is 10.2. The van der Waals surface area contributed by atoms with E-state index in [4.69, 9.17) is 0 Å². The number of carbonyl (C=O) groups excluding carboxylic acids is 1. The molecule has 0 radical (unpaired) electrons. The molecule has 1 fully saturated rings. The maximum atomic E-state index is 13.1. The van der Waals surface area contributed by atoms with E-state index in [9.17, 15) is 4.79 Å². The number of aromatic nitrogens is 3. The summed E-state index contributed by atoms with van der Waals surface area (Å²) in [6.07, 6.45) is 5.84. The van der Waals surface area contributed by atoms with Gasteiger partial charge in [0, 0.05) is 41.0 Å². The summed E-state index contributed by atoms with van der Waals surface area (Å²) in [5.74, 6) is 0.894. The van der Waals surface area contributed by atoms with Crippen LogP contribution in [0, 0.1) is 13.8 Å². The van der Waals surface area contributed by atoms with Crippen molar-refractivity contribution in [3.63, 3.8) is 0 Å². The van der Waals surface area contributed by atoms with Crippen molar-refractivity contribution in [3.05, 3.63) is 70.5 Å². The van der Waals surface area contributed by atoms with Crippen LogP contribution in [0.15, 0.2) is 58.8 Å². The summed E-state index contributed by atoms with van der Waals surface area (Å²) in [5, 5.41) is 5.04. The molecule has 0 aliphatic carbocycles. The third kappa shape index (κ3) is 4.58. The Kier molecular flexibility index (Phi) is 6.28. The zero-order valence-electron chi connectivity index (χ0n) is 18.7. The first-order chi connectivity index (χ1) is 16.1. The molecule has 0 saturated carbocycles. The van der Waals surface area contributed by atoms with E-state index in [1.165, 1.54) is 35.0 Å². The molecule has 0 atom stereocenters. The first kappa shape index (κ1) is 21.9. The van der Waals surface area contributed by atoms with Gasteiger partial charge in [0.05, 0.1) is 5.56 Å². The van der Waals surface area contributed by atoms with Gasteiger partial charge in [0.1, 0.15) is 22.0 Å². The van der Waals surface area contributed by atoms with E-state index in [-0.39, 0.29) is 5.91 Å². The average molecular weight is 476 g/mol. The molecule has 1 amide bonds. The highest BCUT2D eigenvalue weighted by Crippen LogP contribution is 2.38. The Labute approximate surface area is 201 Å². The Balaban J connectivity index is 1.34. The molecule has 1 aliphatic heterocycles. The first-order valence-corrected chi connectivity index (χ1v) is 12.7. The number of anilines is 1. The quantitative estimate of drug-likeness (QED) is 0.377. The fourth-order valence-electron chi connectivity index (χ4n) is 4.04. The average Bonchev–Trinajstić information content (AvgIpc) is 3.47. The standard InChI is InChI=1S/C25H25N5OS2/c1-16-17(2)32-24-22(16)25(29-15-28-24)33-20-8-4-3-7-19(20)23(31)27-14-18-9-10-26-21(13-18)30-11-5-6-12-30/h3-4,7-10,13,15H,5-6,11-12,14H2,1-2H3,(H,27,31). The molecule has 0 bridgehead atoms. The van der Waals surface area contributed by atoms with E-state index in [0.717, 1.165) is 44.6 Å². The zero-order chi connectivity index (χ0) is 22.8. The van der Waals surface area contributed by atoms with Crippen molar-refractivity contribution in [2.75, 3.05) is 18.0 Å². The van der Waals surface area contributed by atoms with Crippen molar-refractivity contribution < 1.29 is 4.79 Å². The van der Waals surface area contributed by atoms with Crippen LogP contribution in [0.5, 0.6) is 0 Å². The van der Waals surface area contributed by atoms with Crippen LogP contribution in [0.3, 0.4) is 0 Å². The Morgan fingerprint density at radius 1 is 1.12 bits per heavy atom. The fourth-order valence-corrected chi connectivity index (χ4v) is 6.18.